The Balaban J connectivity index is 1.41. The highest BCUT2D eigenvalue weighted by Gasteiger charge is 2.23. The number of para-hydroxylation sites is 1. The van der Waals surface area contributed by atoms with Crippen molar-refractivity contribution in [1.82, 2.24) is 15.0 Å². The molecule has 140 valence electrons. The summed E-state index contributed by atoms with van der Waals surface area (Å²) in [6.07, 6.45) is 3.67. The summed E-state index contributed by atoms with van der Waals surface area (Å²) in [5.74, 6) is -0.394. The van der Waals surface area contributed by atoms with Crippen molar-refractivity contribution in [2.75, 3.05) is 5.32 Å². The van der Waals surface area contributed by atoms with Crippen molar-refractivity contribution in [3.8, 4) is 16.9 Å². The van der Waals surface area contributed by atoms with Gasteiger partial charge >= 0.3 is 0 Å². The molecule has 5 nitrogen and oxygen atoms in total. The Morgan fingerprint density at radius 1 is 0.931 bits per heavy atom. The van der Waals surface area contributed by atoms with E-state index < -0.39 is 0 Å². The number of nitrogens with one attached hydrogen (secondary N) is 1. The number of amides is 1. The molecule has 0 unspecified atom stereocenters. The molecule has 2 heterocycles. The Morgan fingerprint density at radius 3 is 2.48 bits per heavy atom. The lowest BCUT2D eigenvalue weighted by Crippen LogP contribution is -2.03. The van der Waals surface area contributed by atoms with E-state index in [1.54, 1.807) is 23.0 Å². The summed E-state index contributed by atoms with van der Waals surface area (Å²) in [7, 11) is 0. The second-order valence-electron chi connectivity index (χ2n) is 6.70. The molecule has 0 fully saturated rings. The molecule has 4 aromatic rings. The number of aromatic nitrogens is 3. The number of benzene rings is 3. The van der Waals surface area contributed by atoms with Gasteiger partial charge in [-0.25, -0.2) is 9.07 Å². The van der Waals surface area contributed by atoms with Gasteiger partial charge in [0.2, 0.25) is 0 Å². The highest BCUT2D eigenvalue weighted by atomic mass is 19.1. The highest BCUT2D eigenvalue weighted by molar-refractivity contribution is 6.34. The first-order chi connectivity index (χ1) is 14.2. The minimum Gasteiger partial charge on any atom is -0.321 e. The predicted molar refractivity (Wildman–Crippen MR) is 110 cm³/mol. The average molecular weight is 382 g/mol. The standard InChI is InChI=1S/C23H15FN4O/c24-17-9-11-18(12-10-17)28-14-22(26-27-28)16-7-5-15(6-8-16)13-20-19-3-1-2-4-21(19)25-23(20)29/h1-14H,(H,25,29). The van der Waals surface area contributed by atoms with Crippen LogP contribution in [0, 0.1) is 5.82 Å². The first-order valence-corrected chi connectivity index (χ1v) is 9.08. The van der Waals surface area contributed by atoms with Crippen molar-refractivity contribution in [2.24, 2.45) is 0 Å². The van der Waals surface area contributed by atoms with Gasteiger partial charge in [-0.3, -0.25) is 4.79 Å². The highest BCUT2D eigenvalue weighted by Crippen LogP contribution is 2.32. The van der Waals surface area contributed by atoms with E-state index in [1.165, 1.54) is 12.1 Å². The zero-order valence-electron chi connectivity index (χ0n) is 15.2. The third-order valence-corrected chi connectivity index (χ3v) is 4.81. The zero-order valence-corrected chi connectivity index (χ0v) is 15.2. The fourth-order valence-corrected chi connectivity index (χ4v) is 3.32. The van der Waals surface area contributed by atoms with Gasteiger partial charge in [0.15, 0.2) is 0 Å². The van der Waals surface area contributed by atoms with Crippen LogP contribution in [0.2, 0.25) is 0 Å². The number of carbonyl (C=O) groups excluding carboxylic acids is 1. The van der Waals surface area contributed by atoms with Gasteiger partial charge in [0.1, 0.15) is 11.5 Å². The minimum absolute atomic E-state index is 0.0995. The third-order valence-electron chi connectivity index (χ3n) is 4.81. The molecule has 5 rings (SSSR count). The van der Waals surface area contributed by atoms with Crippen molar-refractivity contribution < 1.29 is 9.18 Å². The molecule has 0 bridgehead atoms. The molecule has 0 saturated carbocycles. The maximum atomic E-state index is 13.1. The predicted octanol–water partition coefficient (Wildman–Crippen LogP) is 4.57. The fourth-order valence-electron chi connectivity index (χ4n) is 3.32. The van der Waals surface area contributed by atoms with Crippen molar-refractivity contribution in [3.05, 3.63) is 95.9 Å². The van der Waals surface area contributed by atoms with Gasteiger partial charge in [-0.05, 0) is 42.0 Å². The summed E-state index contributed by atoms with van der Waals surface area (Å²) in [5, 5.41) is 11.2. The van der Waals surface area contributed by atoms with Crippen LogP contribution < -0.4 is 5.32 Å². The quantitative estimate of drug-likeness (QED) is 0.528. The van der Waals surface area contributed by atoms with Crippen LogP contribution >= 0.6 is 0 Å². The second-order valence-corrected chi connectivity index (χ2v) is 6.70. The van der Waals surface area contributed by atoms with Crippen molar-refractivity contribution in [3.63, 3.8) is 0 Å². The SMILES string of the molecule is O=C1Nc2ccccc2C1=Cc1ccc(-c2cn(-c3ccc(F)cc3)nn2)cc1. The number of hydrogen-bond donors (Lipinski definition) is 1. The molecule has 0 radical (unpaired) electrons. The fraction of sp³-hybridized carbons (Fsp3) is 0. The average Bonchev–Trinajstić information content (AvgIpc) is 3.35. The van der Waals surface area contributed by atoms with Crippen molar-refractivity contribution in [2.45, 2.75) is 0 Å². The molecule has 1 aromatic heterocycles. The Labute approximate surface area is 166 Å². The molecule has 0 aliphatic carbocycles. The van der Waals surface area contributed by atoms with Crippen LogP contribution in [0.3, 0.4) is 0 Å². The number of fused-ring (bicyclic) bond motifs is 1. The maximum Gasteiger partial charge on any atom is 0.256 e. The summed E-state index contributed by atoms with van der Waals surface area (Å²) < 4.78 is 14.7. The summed E-state index contributed by atoms with van der Waals surface area (Å²) in [6, 6.07) is 21.4. The Morgan fingerprint density at radius 2 is 1.69 bits per heavy atom. The topological polar surface area (TPSA) is 59.8 Å². The van der Waals surface area contributed by atoms with Gasteiger partial charge in [-0.2, -0.15) is 0 Å². The number of carbonyl (C=O) groups is 1. The maximum absolute atomic E-state index is 13.1. The summed E-state index contributed by atoms with van der Waals surface area (Å²) in [5.41, 5.74) is 5.64. The smallest absolute Gasteiger partial charge is 0.256 e. The molecular formula is C23H15FN4O. The molecule has 0 atom stereocenters. The third kappa shape index (κ3) is 3.21. The zero-order chi connectivity index (χ0) is 19.8. The summed E-state index contributed by atoms with van der Waals surface area (Å²) in [6.45, 7) is 0. The van der Waals surface area contributed by atoms with Crippen LogP contribution in [0.15, 0.2) is 79.0 Å². The molecule has 1 aliphatic heterocycles. The van der Waals surface area contributed by atoms with Gasteiger partial charge in [-0.15, -0.1) is 5.10 Å². The lowest BCUT2D eigenvalue weighted by molar-refractivity contribution is -0.110. The molecule has 1 aliphatic rings. The molecule has 0 saturated heterocycles. The Bertz CT molecular complexity index is 1240. The van der Waals surface area contributed by atoms with Gasteiger partial charge in [0.25, 0.3) is 5.91 Å². The molecule has 1 amide bonds. The molecule has 1 N–H and O–H groups in total. The number of rotatable bonds is 3. The van der Waals surface area contributed by atoms with Gasteiger partial charge in [0, 0.05) is 22.4 Å². The lowest BCUT2D eigenvalue weighted by atomic mass is 10.0. The van der Waals surface area contributed by atoms with Gasteiger partial charge in [-0.1, -0.05) is 47.7 Å². The molecule has 29 heavy (non-hydrogen) atoms. The Kier molecular flexibility index (Phi) is 4.02. The Hall–Kier alpha value is -4.06. The van der Waals surface area contributed by atoms with E-state index in [-0.39, 0.29) is 11.7 Å². The first-order valence-electron chi connectivity index (χ1n) is 9.08. The minimum atomic E-state index is -0.294. The van der Waals surface area contributed by atoms with E-state index in [0.29, 0.717) is 11.3 Å². The molecule has 3 aromatic carbocycles. The van der Waals surface area contributed by atoms with E-state index >= 15 is 0 Å². The van der Waals surface area contributed by atoms with E-state index in [9.17, 15) is 9.18 Å². The van der Waals surface area contributed by atoms with E-state index in [4.69, 9.17) is 0 Å². The monoisotopic (exact) mass is 382 g/mol. The normalized spacial score (nSPS) is 14.1. The number of halogens is 1. The summed E-state index contributed by atoms with van der Waals surface area (Å²) >= 11 is 0. The lowest BCUT2D eigenvalue weighted by Gasteiger charge is -2.01. The number of hydrogen-bond acceptors (Lipinski definition) is 3. The van der Waals surface area contributed by atoms with Crippen LogP contribution in [0.4, 0.5) is 10.1 Å². The molecular weight excluding hydrogens is 367 g/mol. The molecule has 6 heteroatoms. The van der Waals surface area contributed by atoms with E-state index in [1.807, 2.05) is 54.6 Å². The van der Waals surface area contributed by atoms with Crippen molar-refractivity contribution in [1.29, 1.82) is 0 Å². The first kappa shape index (κ1) is 17.1. The van der Waals surface area contributed by atoms with Gasteiger partial charge < -0.3 is 5.32 Å². The second kappa shape index (κ2) is 6.83. The van der Waals surface area contributed by atoms with E-state index in [0.717, 1.165) is 28.1 Å². The number of nitrogens with zero attached hydrogens (tertiary/aromatic N) is 3. The summed E-state index contributed by atoms with van der Waals surface area (Å²) in [4.78, 5) is 12.3. The van der Waals surface area contributed by atoms with Gasteiger partial charge in [0.05, 0.1) is 11.9 Å². The largest absolute Gasteiger partial charge is 0.321 e. The molecule has 0 spiro atoms. The van der Waals surface area contributed by atoms with Crippen LogP contribution in [-0.2, 0) is 4.79 Å². The number of anilines is 1. The van der Waals surface area contributed by atoms with Crippen molar-refractivity contribution >= 4 is 23.2 Å². The van der Waals surface area contributed by atoms with Crippen LogP contribution in [-0.4, -0.2) is 20.9 Å². The van der Waals surface area contributed by atoms with Crippen LogP contribution in [0.25, 0.3) is 28.6 Å². The van der Waals surface area contributed by atoms with Crippen LogP contribution in [0.5, 0.6) is 0 Å². The van der Waals surface area contributed by atoms with E-state index in [2.05, 4.69) is 15.6 Å². The van der Waals surface area contributed by atoms with Crippen LogP contribution in [0.1, 0.15) is 11.1 Å².